The lowest BCUT2D eigenvalue weighted by Gasteiger charge is -2.30. The van der Waals surface area contributed by atoms with E-state index in [0.717, 1.165) is 19.5 Å². The number of carbonyl (C=O) groups is 1. The van der Waals surface area contributed by atoms with Crippen LogP contribution in [0.4, 0.5) is 0 Å². The number of likely N-dealkylation sites (tertiary alicyclic amines) is 1. The number of thioether (sulfide) groups is 1. The van der Waals surface area contributed by atoms with Gasteiger partial charge in [-0.25, -0.2) is 0 Å². The summed E-state index contributed by atoms with van der Waals surface area (Å²) in [6.45, 7) is 1.97. The Balaban J connectivity index is 1.79. The molecule has 0 saturated carbocycles. The van der Waals surface area contributed by atoms with Crippen LogP contribution < -0.4 is 5.73 Å². The van der Waals surface area contributed by atoms with Crippen LogP contribution in [-0.4, -0.2) is 39.8 Å². The van der Waals surface area contributed by atoms with E-state index >= 15 is 0 Å². The zero-order valence-electron chi connectivity index (χ0n) is 8.18. The number of nitrogens with zero attached hydrogens (tertiary/aromatic N) is 3. The summed E-state index contributed by atoms with van der Waals surface area (Å²) >= 11 is 1.26. The molecular formula is C8H12N4O2S. The van der Waals surface area contributed by atoms with Gasteiger partial charge >= 0.3 is 0 Å². The van der Waals surface area contributed by atoms with E-state index in [1.54, 1.807) is 0 Å². The van der Waals surface area contributed by atoms with Crippen LogP contribution in [0.25, 0.3) is 0 Å². The van der Waals surface area contributed by atoms with Crippen LogP contribution in [0.3, 0.4) is 0 Å². The average Bonchev–Trinajstić information content (AvgIpc) is 2.59. The first-order valence-corrected chi connectivity index (χ1v) is 5.71. The maximum atomic E-state index is 11.5. The second kappa shape index (κ2) is 4.63. The van der Waals surface area contributed by atoms with E-state index in [1.807, 2.05) is 4.90 Å². The molecular weight excluding hydrogens is 216 g/mol. The maximum Gasteiger partial charge on any atom is 0.277 e. The molecule has 1 fully saturated rings. The Hall–Kier alpha value is -1.08. The quantitative estimate of drug-likeness (QED) is 0.721. The van der Waals surface area contributed by atoms with Gasteiger partial charge in [0, 0.05) is 13.1 Å². The summed E-state index contributed by atoms with van der Waals surface area (Å²) in [4.78, 5) is 13.3. The molecule has 1 aromatic rings. The van der Waals surface area contributed by atoms with Gasteiger partial charge in [-0.3, -0.25) is 4.79 Å². The van der Waals surface area contributed by atoms with Crippen LogP contribution >= 0.6 is 11.8 Å². The number of nitrogens with two attached hydrogens (primary N) is 1. The molecule has 0 aromatic carbocycles. The van der Waals surface area contributed by atoms with E-state index in [2.05, 4.69) is 10.2 Å². The van der Waals surface area contributed by atoms with Crippen molar-refractivity contribution in [3.8, 4) is 0 Å². The summed E-state index contributed by atoms with van der Waals surface area (Å²) in [5, 5.41) is 7.87. The third-order valence-corrected chi connectivity index (χ3v) is 2.95. The molecule has 0 aliphatic carbocycles. The largest absolute Gasteiger partial charge is 0.415 e. The van der Waals surface area contributed by atoms with Gasteiger partial charge in [0.15, 0.2) is 0 Å². The molecule has 0 spiro atoms. The lowest BCUT2D eigenvalue weighted by molar-refractivity contribution is -0.131. The predicted octanol–water partition coefficient (Wildman–Crippen LogP) is -0.147. The Bertz CT molecular complexity index is 350. The van der Waals surface area contributed by atoms with E-state index in [9.17, 15) is 4.79 Å². The number of amides is 1. The molecule has 0 atom stereocenters. The standard InChI is InChI=1S/C8H12N4O2S/c9-4-6-10-11-8(14-6)15-5-7(13)12-2-1-3-12/h1-5,9H2. The molecule has 1 aliphatic heterocycles. The number of carbonyl (C=O) groups excluding carboxylic acids is 1. The van der Waals surface area contributed by atoms with Crippen LogP contribution in [0.2, 0.25) is 0 Å². The third-order valence-electron chi connectivity index (χ3n) is 2.15. The highest BCUT2D eigenvalue weighted by molar-refractivity contribution is 7.99. The van der Waals surface area contributed by atoms with Crippen molar-refractivity contribution < 1.29 is 9.21 Å². The van der Waals surface area contributed by atoms with E-state index in [1.165, 1.54) is 11.8 Å². The monoisotopic (exact) mass is 228 g/mol. The zero-order chi connectivity index (χ0) is 10.7. The predicted molar refractivity (Wildman–Crippen MR) is 54.1 cm³/mol. The summed E-state index contributed by atoms with van der Waals surface area (Å²) in [5.41, 5.74) is 5.32. The lowest BCUT2D eigenvalue weighted by atomic mass is 10.2. The Morgan fingerprint density at radius 1 is 1.53 bits per heavy atom. The van der Waals surface area contributed by atoms with Crippen molar-refractivity contribution in [2.45, 2.75) is 18.2 Å². The smallest absolute Gasteiger partial charge is 0.277 e. The highest BCUT2D eigenvalue weighted by Crippen LogP contribution is 2.17. The Morgan fingerprint density at radius 2 is 2.33 bits per heavy atom. The molecule has 0 unspecified atom stereocenters. The minimum Gasteiger partial charge on any atom is -0.415 e. The second-order valence-corrected chi connectivity index (χ2v) is 4.12. The van der Waals surface area contributed by atoms with Gasteiger partial charge in [-0.1, -0.05) is 11.8 Å². The first-order chi connectivity index (χ1) is 7.29. The van der Waals surface area contributed by atoms with Gasteiger partial charge in [0.1, 0.15) is 0 Å². The normalized spacial score (nSPS) is 15.1. The Labute approximate surface area is 91.2 Å². The minimum absolute atomic E-state index is 0.124. The molecule has 1 amide bonds. The molecule has 6 nitrogen and oxygen atoms in total. The molecule has 1 saturated heterocycles. The highest BCUT2D eigenvalue weighted by atomic mass is 32.2. The molecule has 2 heterocycles. The van der Waals surface area contributed by atoms with Gasteiger partial charge < -0.3 is 15.1 Å². The average molecular weight is 228 g/mol. The third kappa shape index (κ3) is 2.48. The van der Waals surface area contributed by atoms with Gasteiger partial charge in [0.25, 0.3) is 5.22 Å². The molecule has 2 N–H and O–H groups in total. The molecule has 0 bridgehead atoms. The summed E-state index contributed by atoms with van der Waals surface area (Å²) in [6, 6.07) is 0. The number of rotatable bonds is 4. The zero-order valence-corrected chi connectivity index (χ0v) is 9.00. The fraction of sp³-hybridized carbons (Fsp3) is 0.625. The van der Waals surface area contributed by atoms with Crippen molar-refractivity contribution in [3.63, 3.8) is 0 Å². The van der Waals surface area contributed by atoms with Crippen LogP contribution in [0.15, 0.2) is 9.64 Å². The molecule has 7 heteroatoms. The van der Waals surface area contributed by atoms with Gasteiger partial charge in [-0.15, -0.1) is 10.2 Å². The maximum absolute atomic E-state index is 11.5. The number of aromatic nitrogens is 2. The first-order valence-electron chi connectivity index (χ1n) is 4.72. The lowest BCUT2D eigenvalue weighted by Crippen LogP contribution is -2.43. The highest BCUT2D eigenvalue weighted by Gasteiger charge is 2.20. The van der Waals surface area contributed by atoms with E-state index < -0.39 is 0 Å². The molecule has 15 heavy (non-hydrogen) atoms. The second-order valence-electron chi connectivity index (χ2n) is 3.19. The summed E-state index contributed by atoms with van der Waals surface area (Å²) in [6.07, 6.45) is 1.11. The van der Waals surface area contributed by atoms with Crippen molar-refractivity contribution in [1.82, 2.24) is 15.1 Å². The van der Waals surface area contributed by atoms with Crippen molar-refractivity contribution in [2.24, 2.45) is 5.73 Å². The molecule has 0 radical (unpaired) electrons. The van der Waals surface area contributed by atoms with Gasteiger partial charge in [0.05, 0.1) is 12.3 Å². The molecule has 1 aromatic heterocycles. The van der Waals surface area contributed by atoms with Crippen LogP contribution in [0.1, 0.15) is 12.3 Å². The molecule has 82 valence electrons. The van der Waals surface area contributed by atoms with E-state index in [0.29, 0.717) is 16.9 Å². The van der Waals surface area contributed by atoms with Crippen molar-refractivity contribution in [3.05, 3.63) is 5.89 Å². The van der Waals surface area contributed by atoms with Crippen molar-refractivity contribution in [2.75, 3.05) is 18.8 Å². The minimum atomic E-state index is 0.124. The van der Waals surface area contributed by atoms with Crippen LogP contribution in [0, 0.1) is 0 Å². The Morgan fingerprint density at radius 3 is 2.87 bits per heavy atom. The van der Waals surface area contributed by atoms with Gasteiger partial charge in [0.2, 0.25) is 11.8 Å². The fourth-order valence-electron chi connectivity index (χ4n) is 1.16. The van der Waals surface area contributed by atoms with Crippen LogP contribution in [-0.2, 0) is 11.3 Å². The summed E-state index contributed by atoms with van der Waals surface area (Å²) in [5.74, 6) is 0.874. The Kier molecular flexibility index (Phi) is 3.22. The molecule has 2 rings (SSSR count). The van der Waals surface area contributed by atoms with Crippen molar-refractivity contribution >= 4 is 17.7 Å². The van der Waals surface area contributed by atoms with Gasteiger partial charge in [-0.05, 0) is 6.42 Å². The van der Waals surface area contributed by atoms with Crippen LogP contribution in [0.5, 0.6) is 0 Å². The van der Waals surface area contributed by atoms with E-state index in [-0.39, 0.29) is 12.5 Å². The molecule has 1 aliphatic rings. The summed E-state index contributed by atoms with van der Waals surface area (Å²) in [7, 11) is 0. The summed E-state index contributed by atoms with van der Waals surface area (Å²) < 4.78 is 5.16. The van der Waals surface area contributed by atoms with E-state index in [4.69, 9.17) is 10.2 Å². The number of hydrogen-bond acceptors (Lipinski definition) is 6. The topological polar surface area (TPSA) is 85.2 Å². The van der Waals surface area contributed by atoms with Crippen molar-refractivity contribution in [1.29, 1.82) is 0 Å². The first kappa shape index (κ1) is 10.4. The number of hydrogen-bond donors (Lipinski definition) is 1. The fourth-order valence-corrected chi connectivity index (χ4v) is 1.84. The SMILES string of the molecule is NCc1nnc(SCC(=O)N2CCC2)o1. The van der Waals surface area contributed by atoms with Gasteiger partial charge in [-0.2, -0.15) is 0 Å².